The third-order valence-electron chi connectivity index (χ3n) is 5.18. The molecule has 0 bridgehead atoms. The minimum absolute atomic E-state index is 0.135. The number of benzene rings is 3. The fourth-order valence-electron chi connectivity index (χ4n) is 3.53. The van der Waals surface area contributed by atoms with Crippen LogP contribution in [-0.4, -0.2) is 25.5 Å². The van der Waals surface area contributed by atoms with E-state index >= 15 is 0 Å². The highest BCUT2D eigenvalue weighted by Crippen LogP contribution is 2.34. The lowest BCUT2D eigenvalue weighted by Gasteiger charge is -2.12. The molecule has 0 spiro atoms. The maximum atomic E-state index is 12.9. The van der Waals surface area contributed by atoms with Crippen molar-refractivity contribution in [3.63, 3.8) is 0 Å². The standard InChI is InChI=1S/C26H21N5OS/c1-17-10-6-7-13-20(17)25(32)28-21-14-8-9-15-22(21)33-23-16-18(2)27-26-29-24(30-31(23)26)19-11-4-3-5-12-19/h3-16H,1-2H3,(H,28,32). The molecule has 0 fully saturated rings. The van der Waals surface area contributed by atoms with Crippen molar-refractivity contribution in [2.45, 2.75) is 23.8 Å². The Morgan fingerprint density at radius 1 is 0.879 bits per heavy atom. The number of anilines is 1. The van der Waals surface area contributed by atoms with Gasteiger partial charge < -0.3 is 5.32 Å². The first kappa shape index (κ1) is 20.9. The summed E-state index contributed by atoms with van der Waals surface area (Å²) in [5.41, 5.74) is 4.11. The lowest BCUT2D eigenvalue weighted by atomic mass is 10.1. The zero-order chi connectivity index (χ0) is 22.8. The van der Waals surface area contributed by atoms with Crippen LogP contribution < -0.4 is 5.32 Å². The van der Waals surface area contributed by atoms with E-state index in [1.807, 2.05) is 98.8 Å². The van der Waals surface area contributed by atoms with Crippen LogP contribution in [0.1, 0.15) is 21.6 Å². The molecule has 1 N–H and O–H groups in total. The maximum Gasteiger partial charge on any atom is 0.255 e. The smallest absolute Gasteiger partial charge is 0.255 e. The van der Waals surface area contributed by atoms with Crippen molar-refractivity contribution in [3.8, 4) is 11.4 Å². The Kier molecular flexibility index (Phi) is 5.62. The molecule has 1 amide bonds. The van der Waals surface area contributed by atoms with Gasteiger partial charge in [-0.3, -0.25) is 4.79 Å². The van der Waals surface area contributed by atoms with Crippen LogP contribution in [0.5, 0.6) is 0 Å². The normalized spacial score (nSPS) is 11.0. The van der Waals surface area contributed by atoms with Crippen molar-refractivity contribution in [2.75, 3.05) is 5.32 Å². The van der Waals surface area contributed by atoms with Gasteiger partial charge in [0.2, 0.25) is 0 Å². The summed E-state index contributed by atoms with van der Waals surface area (Å²) in [7, 11) is 0. The zero-order valence-electron chi connectivity index (χ0n) is 18.2. The zero-order valence-corrected chi connectivity index (χ0v) is 19.0. The van der Waals surface area contributed by atoms with Crippen LogP contribution in [0.3, 0.4) is 0 Å². The monoisotopic (exact) mass is 451 g/mol. The average Bonchev–Trinajstić information content (AvgIpc) is 3.25. The second-order valence-electron chi connectivity index (χ2n) is 7.62. The first-order chi connectivity index (χ1) is 16.1. The average molecular weight is 452 g/mol. The largest absolute Gasteiger partial charge is 0.321 e. The van der Waals surface area contributed by atoms with Gasteiger partial charge in [0, 0.05) is 21.7 Å². The number of hydrogen-bond acceptors (Lipinski definition) is 5. The number of aromatic nitrogens is 4. The Hall–Kier alpha value is -3.97. The number of hydrogen-bond donors (Lipinski definition) is 1. The molecule has 0 unspecified atom stereocenters. The van der Waals surface area contributed by atoms with Crippen LogP contribution in [0.25, 0.3) is 17.2 Å². The highest BCUT2D eigenvalue weighted by Gasteiger charge is 2.15. The molecular weight excluding hydrogens is 430 g/mol. The van der Waals surface area contributed by atoms with Gasteiger partial charge in [-0.05, 0) is 43.7 Å². The minimum Gasteiger partial charge on any atom is -0.321 e. The van der Waals surface area contributed by atoms with E-state index in [4.69, 9.17) is 5.10 Å². The molecule has 0 saturated heterocycles. The Bertz CT molecular complexity index is 1460. The van der Waals surface area contributed by atoms with E-state index in [9.17, 15) is 4.79 Å². The lowest BCUT2D eigenvalue weighted by molar-refractivity contribution is 0.102. The Balaban J connectivity index is 1.50. The van der Waals surface area contributed by atoms with Crippen molar-refractivity contribution >= 4 is 29.1 Å². The summed E-state index contributed by atoms with van der Waals surface area (Å²) < 4.78 is 1.75. The molecule has 5 rings (SSSR count). The molecule has 0 radical (unpaired) electrons. The van der Waals surface area contributed by atoms with Crippen LogP contribution in [0.15, 0.2) is 94.9 Å². The van der Waals surface area contributed by atoms with Gasteiger partial charge in [-0.15, -0.1) is 5.10 Å². The van der Waals surface area contributed by atoms with Crippen LogP contribution in [0.4, 0.5) is 5.69 Å². The van der Waals surface area contributed by atoms with Gasteiger partial charge in [0.25, 0.3) is 11.7 Å². The van der Waals surface area contributed by atoms with E-state index in [1.165, 1.54) is 11.8 Å². The number of para-hydroxylation sites is 1. The Labute approximate surface area is 195 Å². The number of carbonyl (C=O) groups is 1. The second-order valence-corrected chi connectivity index (χ2v) is 8.68. The number of rotatable bonds is 5. The molecule has 162 valence electrons. The summed E-state index contributed by atoms with van der Waals surface area (Å²) in [4.78, 5) is 23.0. The molecule has 2 aromatic heterocycles. The molecule has 0 aliphatic rings. The molecule has 2 heterocycles. The number of fused-ring (bicyclic) bond motifs is 1. The first-order valence-electron chi connectivity index (χ1n) is 10.5. The molecular formula is C26H21N5OS. The summed E-state index contributed by atoms with van der Waals surface area (Å²) in [6.07, 6.45) is 0. The summed E-state index contributed by atoms with van der Waals surface area (Å²) in [5, 5.41) is 8.63. The van der Waals surface area contributed by atoms with Gasteiger partial charge in [-0.2, -0.15) is 9.50 Å². The van der Waals surface area contributed by atoms with Crippen LogP contribution in [-0.2, 0) is 0 Å². The number of nitrogens with one attached hydrogen (secondary N) is 1. The Morgan fingerprint density at radius 3 is 2.42 bits per heavy atom. The van der Waals surface area contributed by atoms with Crippen molar-refractivity contribution in [2.24, 2.45) is 0 Å². The van der Waals surface area contributed by atoms with Crippen molar-refractivity contribution in [1.29, 1.82) is 0 Å². The van der Waals surface area contributed by atoms with E-state index < -0.39 is 0 Å². The van der Waals surface area contributed by atoms with Crippen molar-refractivity contribution in [1.82, 2.24) is 19.6 Å². The number of nitrogens with zero attached hydrogens (tertiary/aromatic N) is 4. The molecule has 0 aliphatic carbocycles. The van der Waals surface area contributed by atoms with Gasteiger partial charge >= 0.3 is 0 Å². The SMILES string of the molecule is Cc1cc(Sc2ccccc2NC(=O)c2ccccc2C)n2nc(-c3ccccc3)nc2n1. The van der Waals surface area contributed by atoms with Crippen LogP contribution in [0.2, 0.25) is 0 Å². The van der Waals surface area contributed by atoms with Gasteiger partial charge in [-0.25, -0.2) is 4.98 Å². The highest BCUT2D eigenvalue weighted by molar-refractivity contribution is 7.99. The fraction of sp³-hybridized carbons (Fsp3) is 0.0769. The number of aryl methyl sites for hydroxylation is 2. The van der Waals surface area contributed by atoms with E-state index in [2.05, 4.69) is 15.3 Å². The Morgan fingerprint density at radius 2 is 1.61 bits per heavy atom. The quantitative estimate of drug-likeness (QED) is 0.341. The summed E-state index contributed by atoms with van der Waals surface area (Å²) in [5.74, 6) is 1.03. The van der Waals surface area contributed by atoms with Crippen LogP contribution in [0, 0.1) is 13.8 Å². The van der Waals surface area contributed by atoms with E-state index in [0.717, 1.165) is 32.4 Å². The van der Waals surface area contributed by atoms with E-state index in [0.29, 0.717) is 17.2 Å². The second kappa shape index (κ2) is 8.88. The highest BCUT2D eigenvalue weighted by atomic mass is 32.2. The molecule has 33 heavy (non-hydrogen) atoms. The number of carbonyl (C=O) groups excluding carboxylic acids is 1. The third-order valence-corrected chi connectivity index (χ3v) is 6.25. The molecule has 7 heteroatoms. The summed E-state index contributed by atoms with van der Waals surface area (Å²) in [6.45, 7) is 3.87. The van der Waals surface area contributed by atoms with Gasteiger partial charge in [0.05, 0.1) is 5.69 Å². The summed E-state index contributed by atoms with van der Waals surface area (Å²) in [6, 6.07) is 27.1. The maximum absolute atomic E-state index is 12.9. The predicted molar refractivity (Wildman–Crippen MR) is 131 cm³/mol. The first-order valence-corrected chi connectivity index (χ1v) is 11.3. The molecule has 0 saturated carbocycles. The topological polar surface area (TPSA) is 72.2 Å². The lowest BCUT2D eigenvalue weighted by Crippen LogP contribution is -2.13. The van der Waals surface area contributed by atoms with Gasteiger partial charge in [0.15, 0.2) is 5.82 Å². The molecule has 0 aliphatic heterocycles. The fourth-order valence-corrected chi connectivity index (χ4v) is 4.56. The van der Waals surface area contributed by atoms with E-state index in [1.54, 1.807) is 4.52 Å². The molecule has 3 aromatic carbocycles. The van der Waals surface area contributed by atoms with Crippen molar-refractivity contribution < 1.29 is 4.79 Å². The minimum atomic E-state index is -0.135. The summed E-state index contributed by atoms with van der Waals surface area (Å²) >= 11 is 1.51. The van der Waals surface area contributed by atoms with Gasteiger partial charge in [0.1, 0.15) is 5.03 Å². The third kappa shape index (κ3) is 4.36. The molecule has 5 aromatic rings. The molecule has 0 atom stereocenters. The van der Waals surface area contributed by atoms with E-state index in [-0.39, 0.29) is 5.91 Å². The molecule has 6 nitrogen and oxygen atoms in total. The van der Waals surface area contributed by atoms with Gasteiger partial charge in [-0.1, -0.05) is 72.4 Å². The number of amides is 1. The van der Waals surface area contributed by atoms with Crippen molar-refractivity contribution in [3.05, 3.63) is 102 Å². The predicted octanol–water partition coefficient (Wildman–Crippen LogP) is 5.81. The van der Waals surface area contributed by atoms with Crippen LogP contribution >= 0.6 is 11.8 Å².